The van der Waals surface area contributed by atoms with Gasteiger partial charge in [0.1, 0.15) is 11.7 Å². The van der Waals surface area contributed by atoms with Crippen LogP contribution in [0.1, 0.15) is 86.5 Å². The number of alkyl carbamates (subject to hydrolysis) is 1. The second-order valence-corrected chi connectivity index (χ2v) is 20.5. The van der Waals surface area contributed by atoms with Crippen LogP contribution in [-0.2, 0) is 23.7 Å². The maximum atomic E-state index is 13.5. The lowest BCUT2D eigenvalue weighted by molar-refractivity contribution is -0.345. The summed E-state index contributed by atoms with van der Waals surface area (Å²) < 4.78 is 30.9. The van der Waals surface area contributed by atoms with Crippen molar-refractivity contribution < 1.29 is 33.3 Å². The molecule has 2 fully saturated rings. The number of hydrogen-bond acceptors (Lipinski definition) is 7. The van der Waals surface area contributed by atoms with Crippen LogP contribution in [0.5, 0.6) is 0 Å². The highest BCUT2D eigenvalue weighted by atomic mass is 35.5. The summed E-state index contributed by atoms with van der Waals surface area (Å²) >= 11 is 12.4. The number of hydrogen-bond donors (Lipinski definition) is 1. The number of carbonyl (C=O) groups excluding carboxylic acids is 2. The van der Waals surface area contributed by atoms with E-state index in [2.05, 4.69) is 46.9 Å². The molecule has 0 unspecified atom stereocenters. The van der Waals surface area contributed by atoms with Gasteiger partial charge in [-0.1, -0.05) is 81.4 Å². The molecule has 0 bridgehead atoms. The van der Waals surface area contributed by atoms with Gasteiger partial charge in [-0.2, -0.15) is 0 Å². The molecule has 2 heterocycles. The van der Waals surface area contributed by atoms with E-state index in [0.29, 0.717) is 21.6 Å². The smallest absolute Gasteiger partial charge is 0.408 e. The van der Waals surface area contributed by atoms with Crippen molar-refractivity contribution in [2.75, 3.05) is 6.61 Å². The zero-order chi connectivity index (χ0) is 31.1. The largest absolute Gasteiger partial charge is 0.444 e. The van der Waals surface area contributed by atoms with Gasteiger partial charge < -0.3 is 29.0 Å². The molecular weight excluding hydrogens is 585 g/mol. The number of esters is 1. The normalized spacial score (nSPS) is 26.6. The Morgan fingerprint density at radius 1 is 1.05 bits per heavy atom. The highest BCUT2D eigenvalue weighted by Crippen LogP contribution is 2.56. The first kappa shape index (κ1) is 34.1. The summed E-state index contributed by atoms with van der Waals surface area (Å²) in [5.74, 6) is -1.54. The van der Waals surface area contributed by atoms with Gasteiger partial charge in [0.15, 0.2) is 5.79 Å². The van der Waals surface area contributed by atoms with E-state index in [0.717, 1.165) is 0 Å². The molecule has 8 nitrogen and oxygen atoms in total. The Labute approximate surface area is 256 Å². The molecule has 0 aromatic heterocycles. The molecule has 0 saturated carbocycles. The van der Waals surface area contributed by atoms with Crippen LogP contribution in [0, 0.1) is 0 Å². The molecular formula is C30H47Cl2NO7Si. The standard InChI is InChI=1S/C30H47Cl2NO7Si/c1-16(2)41(17(3)4,18(5)6)25-23(33-28(35)40-29(7,8)9)27(37-22-15-36-30(10,11)39-24(22)25)38-26(34)20-13-12-19(31)14-21(20)32/h12-14,16-18,22-25,27H,15H2,1-11H3,(H,33,35)/t22-,23-,24-,25-,27-/m1/s1. The molecule has 0 aliphatic carbocycles. The molecule has 2 aliphatic rings. The summed E-state index contributed by atoms with van der Waals surface area (Å²) in [5.41, 5.74) is 0.0880. The highest BCUT2D eigenvalue weighted by molar-refractivity contribution is 6.85. The number of rotatable bonds is 7. The van der Waals surface area contributed by atoms with Crippen molar-refractivity contribution in [3.63, 3.8) is 0 Å². The van der Waals surface area contributed by atoms with Crippen LogP contribution in [0.3, 0.4) is 0 Å². The van der Waals surface area contributed by atoms with Gasteiger partial charge >= 0.3 is 12.1 Å². The number of amides is 1. The minimum absolute atomic E-state index is 0.145. The predicted molar refractivity (Wildman–Crippen MR) is 163 cm³/mol. The molecule has 2 aliphatic heterocycles. The van der Waals surface area contributed by atoms with Crippen LogP contribution >= 0.6 is 23.2 Å². The third-order valence-electron chi connectivity index (χ3n) is 8.36. The lowest BCUT2D eigenvalue weighted by Gasteiger charge is -2.60. The lowest BCUT2D eigenvalue weighted by Crippen LogP contribution is -2.71. The summed E-state index contributed by atoms with van der Waals surface area (Å²) in [6, 6.07) is 3.81. The molecule has 1 amide bonds. The Balaban J connectivity index is 2.19. The van der Waals surface area contributed by atoms with E-state index in [9.17, 15) is 9.59 Å². The maximum absolute atomic E-state index is 13.5. The Kier molecular flexibility index (Phi) is 10.6. The van der Waals surface area contributed by atoms with Gasteiger partial charge in [-0.05, 0) is 52.8 Å². The Hall–Kier alpha value is -1.36. The van der Waals surface area contributed by atoms with Crippen LogP contribution in [0.2, 0.25) is 32.2 Å². The van der Waals surface area contributed by atoms with Crippen molar-refractivity contribution in [1.29, 1.82) is 0 Å². The van der Waals surface area contributed by atoms with Crippen molar-refractivity contribution in [3.05, 3.63) is 33.8 Å². The first-order valence-corrected chi connectivity index (χ1v) is 17.5. The second-order valence-electron chi connectivity index (χ2n) is 13.5. The van der Waals surface area contributed by atoms with Crippen LogP contribution in [-0.4, -0.2) is 62.7 Å². The van der Waals surface area contributed by atoms with Crippen molar-refractivity contribution in [2.45, 2.75) is 134 Å². The van der Waals surface area contributed by atoms with Crippen LogP contribution < -0.4 is 5.32 Å². The van der Waals surface area contributed by atoms with E-state index in [1.807, 2.05) is 13.8 Å². The number of carbonyl (C=O) groups is 2. The SMILES string of the molecule is CC(C)[Si](C(C)C)(C(C)C)[C@@H]1[C@@H](NC(=O)OC(C)(C)C)[C@@H](OC(=O)c2ccc(Cl)cc2Cl)O[C@@H]2COC(C)(C)O[C@@H]12. The zero-order valence-corrected chi connectivity index (χ0v) is 28.7. The molecule has 232 valence electrons. The van der Waals surface area contributed by atoms with Gasteiger partial charge in [0, 0.05) is 10.6 Å². The molecule has 11 heteroatoms. The molecule has 1 N–H and O–H groups in total. The molecule has 1 aromatic rings. The van der Waals surface area contributed by atoms with Gasteiger partial charge in [0.25, 0.3) is 0 Å². The van der Waals surface area contributed by atoms with Crippen molar-refractivity contribution in [1.82, 2.24) is 5.32 Å². The van der Waals surface area contributed by atoms with Gasteiger partial charge in [0.2, 0.25) is 6.29 Å². The van der Waals surface area contributed by atoms with E-state index >= 15 is 0 Å². The molecule has 1 aromatic carbocycles. The zero-order valence-electron chi connectivity index (χ0n) is 26.2. The van der Waals surface area contributed by atoms with Crippen LogP contribution in [0.25, 0.3) is 0 Å². The first-order valence-electron chi connectivity index (χ1n) is 14.4. The Morgan fingerprint density at radius 3 is 2.15 bits per heavy atom. The first-order chi connectivity index (χ1) is 18.8. The fourth-order valence-electron chi connectivity index (χ4n) is 7.14. The van der Waals surface area contributed by atoms with Gasteiger partial charge in [-0.15, -0.1) is 0 Å². The summed E-state index contributed by atoms with van der Waals surface area (Å²) in [4.78, 5) is 26.9. The van der Waals surface area contributed by atoms with Gasteiger partial charge in [-0.25, -0.2) is 9.59 Å². The molecule has 3 rings (SSSR count). The molecule has 0 spiro atoms. The minimum Gasteiger partial charge on any atom is -0.444 e. The van der Waals surface area contributed by atoms with Crippen molar-refractivity contribution >= 4 is 43.3 Å². The second kappa shape index (κ2) is 12.7. The Bertz CT molecular complexity index is 1080. The highest BCUT2D eigenvalue weighted by Gasteiger charge is 2.63. The topological polar surface area (TPSA) is 92.3 Å². The van der Waals surface area contributed by atoms with Crippen LogP contribution in [0.4, 0.5) is 4.79 Å². The lowest BCUT2D eigenvalue weighted by atomic mass is 9.97. The quantitative estimate of drug-likeness (QED) is 0.241. The average molecular weight is 633 g/mol. The molecule has 0 radical (unpaired) electrons. The fraction of sp³-hybridized carbons (Fsp3) is 0.733. The third kappa shape index (κ3) is 7.41. The summed E-state index contributed by atoms with van der Waals surface area (Å²) in [6.07, 6.45) is -2.70. The molecule has 41 heavy (non-hydrogen) atoms. The summed E-state index contributed by atoms with van der Waals surface area (Å²) in [6.45, 7) is 22.9. The number of nitrogens with one attached hydrogen (secondary N) is 1. The van der Waals surface area contributed by atoms with E-state index in [-0.39, 0.29) is 22.7 Å². The third-order valence-corrected chi connectivity index (χ3v) is 16.7. The fourth-order valence-corrected chi connectivity index (χ4v) is 15.7. The predicted octanol–water partition coefficient (Wildman–Crippen LogP) is 7.97. The van der Waals surface area contributed by atoms with E-state index in [4.69, 9.17) is 46.9 Å². The van der Waals surface area contributed by atoms with E-state index in [1.165, 1.54) is 12.1 Å². The monoisotopic (exact) mass is 631 g/mol. The van der Waals surface area contributed by atoms with Crippen LogP contribution in [0.15, 0.2) is 18.2 Å². The number of benzene rings is 1. The van der Waals surface area contributed by atoms with Gasteiger partial charge in [0.05, 0.1) is 37.4 Å². The molecule has 2 saturated heterocycles. The Morgan fingerprint density at radius 2 is 1.63 bits per heavy atom. The van der Waals surface area contributed by atoms with E-state index < -0.39 is 56.1 Å². The number of halogens is 2. The van der Waals surface area contributed by atoms with Crippen molar-refractivity contribution in [3.8, 4) is 0 Å². The van der Waals surface area contributed by atoms with Gasteiger partial charge in [-0.3, -0.25) is 0 Å². The minimum atomic E-state index is -2.44. The van der Waals surface area contributed by atoms with E-state index in [1.54, 1.807) is 26.8 Å². The summed E-state index contributed by atoms with van der Waals surface area (Å²) in [5, 5.41) is 3.64. The number of fused-ring (bicyclic) bond motifs is 1. The molecule has 5 atom stereocenters. The maximum Gasteiger partial charge on any atom is 0.408 e. The number of ether oxygens (including phenoxy) is 5. The summed E-state index contributed by atoms with van der Waals surface area (Å²) in [7, 11) is -2.44. The average Bonchev–Trinajstić information content (AvgIpc) is 2.79. The van der Waals surface area contributed by atoms with Crippen molar-refractivity contribution in [2.24, 2.45) is 0 Å².